The van der Waals surface area contributed by atoms with Crippen LogP contribution in [-0.2, 0) is 16.0 Å². The van der Waals surface area contributed by atoms with Crippen molar-refractivity contribution in [2.45, 2.75) is 38.2 Å². The quantitative estimate of drug-likeness (QED) is 0.515. The van der Waals surface area contributed by atoms with Gasteiger partial charge in [0.25, 0.3) is 11.8 Å². The van der Waals surface area contributed by atoms with Crippen LogP contribution >= 0.6 is 0 Å². The van der Waals surface area contributed by atoms with Gasteiger partial charge in [-0.3, -0.25) is 9.59 Å². The summed E-state index contributed by atoms with van der Waals surface area (Å²) in [6, 6.07) is 13.8. The molecule has 2 aliphatic rings. The van der Waals surface area contributed by atoms with Gasteiger partial charge in [0.2, 0.25) is 0 Å². The summed E-state index contributed by atoms with van der Waals surface area (Å²) in [5, 5.41) is 8.26. The molecule has 3 aromatic rings. The zero-order valence-corrected chi connectivity index (χ0v) is 21.7. The Kier molecular flexibility index (Phi) is 7.42. The van der Waals surface area contributed by atoms with Crippen LogP contribution in [-0.4, -0.2) is 82.1 Å². The van der Waals surface area contributed by atoms with Crippen molar-refractivity contribution in [1.29, 1.82) is 0 Å². The van der Waals surface area contributed by atoms with E-state index in [0.29, 0.717) is 37.5 Å². The number of nitrogens with zero attached hydrogens (tertiary/aromatic N) is 5. The molecule has 200 valence electrons. The van der Waals surface area contributed by atoms with Gasteiger partial charge in [-0.2, -0.15) is 0 Å². The topological polar surface area (TPSA) is 89.8 Å². The Morgan fingerprint density at radius 3 is 2.66 bits per heavy atom. The van der Waals surface area contributed by atoms with Crippen LogP contribution in [0, 0.1) is 12.7 Å². The minimum atomic E-state index is -1.14. The molecule has 0 bridgehead atoms. The van der Waals surface area contributed by atoms with Gasteiger partial charge in [-0.1, -0.05) is 23.4 Å². The number of amides is 2. The van der Waals surface area contributed by atoms with E-state index >= 15 is 0 Å². The molecule has 2 amide bonds. The monoisotopic (exact) mass is 521 g/mol. The van der Waals surface area contributed by atoms with Crippen molar-refractivity contribution in [3.8, 4) is 11.4 Å². The minimum absolute atomic E-state index is 0.134. The fraction of sp³-hybridized carbons (Fsp3) is 0.429. The average molecular weight is 522 g/mol. The smallest absolute Gasteiger partial charge is 0.276 e. The highest BCUT2D eigenvalue weighted by Crippen LogP contribution is 2.30. The molecular weight excluding hydrogens is 489 g/mol. The normalized spacial score (nSPS) is 20.9. The van der Waals surface area contributed by atoms with Crippen molar-refractivity contribution in [3.05, 3.63) is 71.3 Å². The van der Waals surface area contributed by atoms with E-state index in [1.54, 1.807) is 35.9 Å². The number of likely N-dealkylation sites (N-methyl/N-ethyl adjacent to an activating group) is 1. The highest BCUT2D eigenvalue weighted by Gasteiger charge is 2.46. The highest BCUT2D eigenvalue weighted by molar-refractivity contribution is 5.94. The maximum Gasteiger partial charge on any atom is 0.276 e. The summed E-state index contributed by atoms with van der Waals surface area (Å²) in [5.74, 6) is 0.0405. The molecule has 2 aromatic carbocycles. The molecule has 1 fully saturated rings. The molecule has 1 atom stereocenters. The number of para-hydroxylation sites is 1. The molecule has 0 aliphatic carbocycles. The second-order valence-corrected chi connectivity index (χ2v) is 9.87. The molecule has 0 saturated carbocycles. The van der Waals surface area contributed by atoms with Gasteiger partial charge < -0.3 is 19.3 Å². The van der Waals surface area contributed by atoms with E-state index in [0.717, 1.165) is 30.6 Å². The maximum absolute atomic E-state index is 13.7. The van der Waals surface area contributed by atoms with E-state index in [1.807, 2.05) is 18.2 Å². The number of carbonyl (C=O) groups excluding carboxylic acids is 2. The number of hydrogen-bond acceptors (Lipinski definition) is 6. The molecule has 1 saturated heterocycles. The molecule has 5 rings (SSSR count). The lowest BCUT2D eigenvalue weighted by Crippen LogP contribution is -2.61. The fourth-order valence-corrected chi connectivity index (χ4v) is 5.17. The van der Waals surface area contributed by atoms with Crippen LogP contribution in [0.4, 0.5) is 4.39 Å². The van der Waals surface area contributed by atoms with Gasteiger partial charge in [0.15, 0.2) is 11.3 Å². The number of rotatable bonds is 2. The molecule has 9 nitrogen and oxygen atoms in total. The van der Waals surface area contributed by atoms with Crippen molar-refractivity contribution < 1.29 is 23.5 Å². The van der Waals surface area contributed by atoms with Gasteiger partial charge in [-0.05, 0) is 68.5 Å². The van der Waals surface area contributed by atoms with Gasteiger partial charge in [-0.15, -0.1) is 5.10 Å². The van der Waals surface area contributed by atoms with Gasteiger partial charge in [0, 0.05) is 13.6 Å². The molecular formula is C28H32FN5O4. The van der Waals surface area contributed by atoms with Crippen molar-refractivity contribution in [3.63, 3.8) is 0 Å². The van der Waals surface area contributed by atoms with Crippen molar-refractivity contribution >= 4 is 11.8 Å². The molecule has 1 aromatic heterocycles. The summed E-state index contributed by atoms with van der Waals surface area (Å²) in [4.78, 5) is 30.6. The summed E-state index contributed by atoms with van der Waals surface area (Å²) in [6.45, 7) is 3.24. The third-order valence-electron chi connectivity index (χ3n) is 7.31. The van der Waals surface area contributed by atoms with Crippen LogP contribution in [0.2, 0.25) is 0 Å². The Bertz CT molecular complexity index is 1310. The predicted molar refractivity (Wildman–Crippen MR) is 138 cm³/mol. The molecule has 38 heavy (non-hydrogen) atoms. The van der Waals surface area contributed by atoms with Crippen LogP contribution in [0.1, 0.15) is 41.0 Å². The molecule has 0 N–H and O–H groups in total. The van der Waals surface area contributed by atoms with E-state index < -0.39 is 5.60 Å². The Morgan fingerprint density at radius 2 is 1.84 bits per heavy atom. The largest absolute Gasteiger partial charge is 0.491 e. The predicted octanol–water partition coefficient (Wildman–Crippen LogP) is 3.19. The van der Waals surface area contributed by atoms with E-state index in [2.05, 4.69) is 16.4 Å². The Hall–Kier alpha value is -3.79. The summed E-state index contributed by atoms with van der Waals surface area (Å²) in [6.07, 6.45) is 2.96. The number of halogens is 1. The number of aryl methyl sites for hydroxylation is 1. The standard InChI is InChI=1S/C28H32FN5O4/c1-20-25(30-31-34(20)23-12-10-22(29)11-13-23)26(35)33-16-18-38-28(19-33)14-6-5-8-21-7-3-4-9-24(21)37-17-15-32(2)27(28)36/h3-4,7,9-13H,5-6,8,14-19H2,1-2H3. The van der Waals surface area contributed by atoms with Crippen molar-refractivity contribution in [2.75, 3.05) is 39.9 Å². The average Bonchev–Trinajstić information content (AvgIpc) is 3.32. The van der Waals surface area contributed by atoms with Crippen molar-refractivity contribution in [2.24, 2.45) is 0 Å². The molecule has 0 radical (unpaired) electrons. The first-order valence-electron chi connectivity index (χ1n) is 13.0. The van der Waals surface area contributed by atoms with E-state index in [9.17, 15) is 14.0 Å². The number of fused-ring (bicyclic) bond motifs is 1. The molecule has 10 heteroatoms. The van der Waals surface area contributed by atoms with E-state index in [4.69, 9.17) is 9.47 Å². The second-order valence-electron chi connectivity index (χ2n) is 9.87. The first kappa shape index (κ1) is 25.8. The number of aromatic nitrogens is 3. The third kappa shape index (κ3) is 5.13. The number of ether oxygens (including phenoxy) is 2. The third-order valence-corrected chi connectivity index (χ3v) is 7.31. The molecule has 2 aliphatic heterocycles. The van der Waals surface area contributed by atoms with Crippen LogP contribution in [0.3, 0.4) is 0 Å². The zero-order chi connectivity index (χ0) is 26.7. The Balaban J connectivity index is 1.36. The van der Waals surface area contributed by atoms with Gasteiger partial charge in [-0.25, -0.2) is 9.07 Å². The van der Waals surface area contributed by atoms with Gasteiger partial charge in [0.1, 0.15) is 18.2 Å². The van der Waals surface area contributed by atoms with E-state index in [-0.39, 0.29) is 36.5 Å². The minimum Gasteiger partial charge on any atom is -0.491 e. The van der Waals surface area contributed by atoms with Crippen molar-refractivity contribution in [1.82, 2.24) is 24.8 Å². The first-order valence-corrected chi connectivity index (χ1v) is 13.0. The number of benzene rings is 2. The number of hydrogen-bond donors (Lipinski definition) is 0. The Labute approximate surface area is 221 Å². The maximum atomic E-state index is 13.7. The van der Waals surface area contributed by atoms with Crippen LogP contribution in [0.25, 0.3) is 5.69 Å². The highest BCUT2D eigenvalue weighted by atomic mass is 19.1. The summed E-state index contributed by atoms with van der Waals surface area (Å²) in [7, 11) is 1.74. The fourth-order valence-electron chi connectivity index (χ4n) is 5.17. The van der Waals surface area contributed by atoms with E-state index in [1.165, 1.54) is 16.8 Å². The van der Waals surface area contributed by atoms with Crippen LogP contribution < -0.4 is 4.74 Å². The first-order chi connectivity index (χ1) is 18.4. The number of morpholine rings is 1. The summed E-state index contributed by atoms with van der Waals surface area (Å²) in [5.41, 5.74) is 1.36. The molecule has 1 spiro atoms. The number of carbonyl (C=O) groups is 2. The second kappa shape index (κ2) is 10.9. The SMILES string of the molecule is Cc1c(C(=O)N2CCOC3(CCCCc4ccccc4OCCN(C)C3=O)C2)nnn1-c1ccc(F)cc1. The lowest BCUT2D eigenvalue weighted by Gasteiger charge is -2.43. The summed E-state index contributed by atoms with van der Waals surface area (Å²) < 4.78 is 27.1. The lowest BCUT2D eigenvalue weighted by molar-refractivity contribution is -0.169. The van der Waals surface area contributed by atoms with Gasteiger partial charge >= 0.3 is 0 Å². The van der Waals surface area contributed by atoms with Gasteiger partial charge in [0.05, 0.1) is 31.1 Å². The Morgan fingerprint density at radius 1 is 1.05 bits per heavy atom. The molecule has 1 unspecified atom stereocenters. The zero-order valence-electron chi connectivity index (χ0n) is 21.7. The lowest BCUT2D eigenvalue weighted by atomic mass is 9.91. The van der Waals surface area contributed by atoms with Crippen LogP contribution in [0.15, 0.2) is 48.5 Å². The van der Waals surface area contributed by atoms with Crippen LogP contribution in [0.5, 0.6) is 5.75 Å². The summed E-state index contributed by atoms with van der Waals surface area (Å²) >= 11 is 0. The molecule has 3 heterocycles.